The Labute approximate surface area is 79.1 Å². The lowest BCUT2D eigenvalue weighted by atomic mass is 9.85. The van der Waals surface area contributed by atoms with E-state index in [0.29, 0.717) is 18.5 Å². The fraction of sp³-hybridized carbons (Fsp3) is 0.900. The number of nitrogens with one attached hydrogen (secondary N) is 1. The van der Waals surface area contributed by atoms with E-state index in [9.17, 15) is 0 Å². The summed E-state index contributed by atoms with van der Waals surface area (Å²) >= 11 is 0. The van der Waals surface area contributed by atoms with Crippen molar-refractivity contribution in [3.8, 4) is 6.07 Å². The third-order valence-corrected chi connectivity index (χ3v) is 3.13. The van der Waals surface area contributed by atoms with Crippen molar-refractivity contribution in [2.24, 2.45) is 5.92 Å². The first kappa shape index (κ1) is 8.98. The minimum atomic E-state index is -0.231. The van der Waals surface area contributed by atoms with Gasteiger partial charge in [-0.15, -0.1) is 0 Å². The number of hydrogen-bond acceptors (Lipinski definition) is 3. The molecule has 1 heterocycles. The Hall–Kier alpha value is -0.590. The topological polar surface area (TPSA) is 45.0 Å². The van der Waals surface area contributed by atoms with Crippen molar-refractivity contribution in [3.05, 3.63) is 0 Å². The highest BCUT2D eigenvalue weighted by Gasteiger charge is 2.29. The minimum Gasteiger partial charge on any atom is -0.362 e. The van der Waals surface area contributed by atoms with Gasteiger partial charge < -0.3 is 10.1 Å². The summed E-state index contributed by atoms with van der Waals surface area (Å²) in [6.07, 6.45) is 4.93. The van der Waals surface area contributed by atoms with Crippen molar-refractivity contribution >= 4 is 0 Å². The monoisotopic (exact) mass is 180 g/mol. The number of fused-ring (bicyclic) bond motifs is 1. The maximum absolute atomic E-state index is 8.73. The van der Waals surface area contributed by atoms with Gasteiger partial charge in [0.15, 0.2) is 6.10 Å². The van der Waals surface area contributed by atoms with Gasteiger partial charge in [-0.2, -0.15) is 5.26 Å². The van der Waals surface area contributed by atoms with Crippen LogP contribution < -0.4 is 5.32 Å². The van der Waals surface area contributed by atoms with Gasteiger partial charge in [0.1, 0.15) is 0 Å². The first-order chi connectivity index (χ1) is 6.40. The molecule has 1 aliphatic heterocycles. The molecule has 2 fully saturated rings. The van der Waals surface area contributed by atoms with Crippen LogP contribution in [0.1, 0.15) is 25.7 Å². The molecule has 13 heavy (non-hydrogen) atoms. The molecule has 2 aliphatic rings. The number of rotatable bonds is 0. The molecule has 0 spiro atoms. The summed E-state index contributed by atoms with van der Waals surface area (Å²) in [6.45, 7) is 1.48. The van der Waals surface area contributed by atoms with Crippen molar-refractivity contribution in [3.63, 3.8) is 0 Å². The van der Waals surface area contributed by atoms with Crippen LogP contribution in [0.4, 0.5) is 0 Å². The predicted octanol–water partition coefficient (Wildman–Crippen LogP) is 1.06. The largest absolute Gasteiger partial charge is 0.362 e. The van der Waals surface area contributed by atoms with E-state index >= 15 is 0 Å². The van der Waals surface area contributed by atoms with E-state index in [4.69, 9.17) is 10.00 Å². The minimum absolute atomic E-state index is 0.231. The molecule has 3 unspecified atom stereocenters. The standard InChI is InChI=1S/C10H16N2O/c11-5-9-6-12-10-4-2-1-3-8(10)7-13-9/h8-10,12H,1-4,6-7H2. The summed E-state index contributed by atoms with van der Waals surface area (Å²) in [5.41, 5.74) is 0. The fourth-order valence-electron chi connectivity index (χ4n) is 2.32. The van der Waals surface area contributed by atoms with E-state index < -0.39 is 0 Å². The Kier molecular flexibility index (Phi) is 2.82. The Bertz CT molecular complexity index is 195. The van der Waals surface area contributed by atoms with Crippen LogP contribution >= 0.6 is 0 Å². The van der Waals surface area contributed by atoms with Gasteiger partial charge in [0, 0.05) is 12.6 Å². The molecule has 72 valence electrons. The van der Waals surface area contributed by atoms with Crippen LogP contribution in [0.3, 0.4) is 0 Å². The van der Waals surface area contributed by atoms with Crippen LogP contribution in [-0.2, 0) is 4.74 Å². The highest BCUT2D eigenvalue weighted by atomic mass is 16.5. The first-order valence-electron chi connectivity index (χ1n) is 5.15. The van der Waals surface area contributed by atoms with Gasteiger partial charge in [-0.25, -0.2) is 0 Å². The molecule has 3 atom stereocenters. The van der Waals surface area contributed by atoms with E-state index in [1.807, 2.05) is 0 Å². The second-order valence-electron chi connectivity index (χ2n) is 4.01. The molecule has 1 saturated carbocycles. The van der Waals surface area contributed by atoms with Crippen molar-refractivity contribution in [1.82, 2.24) is 5.32 Å². The lowest BCUT2D eigenvalue weighted by Crippen LogP contribution is -2.39. The molecular formula is C10H16N2O. The van der Waals surface area contributed by atoms with Crippen molar-refractivity contribution in [2.45, 2.75) is 37.8 Å². The molecule has 2 rings (SSSR count). The van der Waals surface area contributed by atoms with Crippen LogP contribution in [0.5, 0.6) is 0 Å². The van der Waals surface area contributed by atoms with Crippen LogP contribution in [0.15, 0.2) is 0 Å². The zero-order chi connectivity index (χ0) is 9.10. The molecule has 3 heteroatoms. The molecule has 1 aliphatic carbocycles. The second-order valence-corrected chi connectivity index (χ2v) is 4.01. The number of nitriles is 1. The number of nitrogens with zero attached hydrogens (tertiary/aromatic N) is 1. The van der Waals surface area contributed by atoms with Crippen molar-refractivity contribution < 1.29 is 4.74 Å². The third-order valence-electron chi connectivity index (χ3n) is 3.13. The van der Waals surface area contributed by atoms with Gasteiger partial charge in [-0.3, -0.25) is 0 Å². The SMILES string of the molecule is N#CC1CNC2CCCCC2CO1. The Morgan fingerprint density at radius 3 is 3.00 bits per heavy atom. The highest BCUT2D eigenvalue weighted by molar-refractivity contribution is 4.92. The molecule has 3 nitrogen and oxygen atoms in total. The Morgan fingerprint density at radius 1 is 1.31 bits per heavy atom. The molecule has 0 aromatic heterocycles. The summed E-state index contributed by atoms with van der Waals surface area (Å²) in [6, 6.07) is 2.77. The summed E-state index contributed by atoms with van der Waals surface area (Å²) in [5.74, 6) is 0.645. The summed E-state index contributed by atoms with van der Waals surface area (Å²) in [4.78, 5) is 0. The molecule has 1 saturated heterocycles. The van der Waals surface area contributed by atoms with Gasteiger partial charge in [-0.1, -0.05) is 12.8 Å². The zero-order valence-electron chi connectivity index (χ0n) is 7.83. The average molecular weight is 180 g/mol. The van der Waals surface area contributed by atoms with Crippen LogP contribution in [0.25, 0.3) is 0 Å². The predicted molar refractivity (Wildman–Crippen MR) is 49.1 cm³/mol. The van der Waals surface area contributed by atoms with E-state index in [1.165, 1.54) is 25.7 Å². The van der Waals surface area contributed by atoms with E-state index in [0.717, 1.165) is 6.61 Å². The van der Waals surface area contributed by atoms with Crippen molar-refractivity contribution in [2.75, 3.05) is 13.2 Å². The van der Waals surface area contributed by atoms with Gasteiger partial charge in [0.05, 0.1) is 12.7 Å². The highest BCUT2D eigenvalue weighted by Crippen LogP contribution is 2.26. The third kappa shape index (κ3) is 2.01. The summed E-state index contributed by atoms with van der Waals surface area (Å²) < 4.78 is 5.50. The zero-order valence-corrected chi connectivity index (χ0v) is 7.83. The Balaban J connectivity index is 1.95. The van der Waals surface area contributed by atoms with Crippen LogP contribution in [0.2, 0.25) is 0 Å². The quantitative estimate of drug-likeness (QED) is 0.606. The fourth-order valence-corrected chi connectivity index (χ4v) is 2.32. The Morgan fingerprint density at radius 2 is 2.15 bits per heavy atom. The smallest absolute Gasteiger partial charge is 0.156 e. The number of hydrogen-bond donors (Lipinski definition) is 1. The first-order valence-corrected chi connectivity index (χ1v) is 5.15. The van der Waals surface area contributed by atoms with Gasteiger partial charge in [-0.05, 0) is 18.8 Å². The second kappa shape index (κ2) is 4.08. The molecular weight excluding hydrogens is 164 g/mol. The summed E-state index contributed by atoms with van der Waals surface area (Å²) in [5, 5.41) is 12.2. The van der Waals surface area contributed by atoms with Gasteiger partial charge in [0.25, 0.3) is 0 Å². The number of ether oxygens (including phenoxy) is 1. The molecule has 1 N–H and O–H groups in total. The normalized spacial score (nSPS) is 40.1. The van der Waals surface area contributed by atoms with E-state index in [1.54, 1.807) is 0 Å². The van der Waals surface area contributed by atoms with E-state index in [-0.39, 0.29) is 6.10 Å². The maximum atomic E-state index is 8.73. The van der Waals surface area contributed by atoms with E-state index in [2.05, 4.69) is 11.4 Å². The van der Waals surface area contributed by atoms with Crippen molar-refractivity contribution in [1.29, 1.82) is 5.26 Å². The van der Waals surface area contributed by atoms with Gasteiger partial charge in [0.2, 0.25) is 0 Å². The lowest BCUT2D eigenvalue weighted by molar-refractivity contribution is 0.0701. The van der Waals surface area contributed by atoms with Gasteiger partial charge >= 0.3 is 0 Å². The van der Waals surface area contributed by atoms with Crippen LogP contribution in [-0.4, -0.2) is 25.3 Å². The molecule has 0 bridgehead atoms. The maximum Gasteiger partial charge on any atom is 0.156 e. The molecule has 0 aromatic carbocycles. The molecule has 0 amide bonds. The average Bonchev–Trinajstić information content (AvgIpc) is 2.39. The molecule has 0 aromatic rings. The summed E-state index contributed by atoms with van der Waals surface area (Å²) in [7, 11) is 0. The molecule has 0 radical (unpaired) electrons. The van der Waals surface area contributed by atoms with Crippen LogP contribution in [0, 0.1) is 17.2 Å². The lowest BCUT2D eigenvalue weighted by Gasteiger charge is -2.29.